The highest BCUT2D eigenvalue weighted by molar-refractivity contribution is 7.92. The number of sulfonamides is 1. The van der Waals surface area contributed by atoms with Crippen LogP contribution >= 0.6 is 0 Å². The molecule has 0 spiro atoms. The summed E-state index contributed by atoms with van der Waals surface area (Å²) in [5, 5.41) is 0. The normalized spacial score (nSPS) is 15.7. The van der Waals surface area contributed by atoms with Crippen molar-refractivity contribution >= 4 is 15.8 Å². The van der Waals surface area contributed by atoms with Crippen molar-refractivity contribution < 1.29 is 8.42 Å². The van der Waals surface area contributed by atoms with Crippen molar-refractivity contribution in [1.82, 2.24) is 9.55 Å². The van der Waals surface area contributed by atoms with Crippen LogP contribution in [0.15, 0.2) is 60.9 Å². The molecular weight excluding hydrogens is 310 g/mol. The Morgan fingerprint density at radius 2 is 1.57 bits per heavy atom. The Labute approximate surface area is 134 Å². The van der Waals surface area contributed by atoms with Crippen molar-refractivity contribution in [2.45, 2.75) is 6.54 Å². The van der Waals surface area contributed by atoms with Crippen molar-refractivity contribution in [2.75, 3.05) is 10.5 Å². The van der Waals surface area contributed by atoms with Crippen LogP contribution in [0.4, 0.5) is 5.82 Å². The summed E-state index contributed by atoms with van der Waals surface area (Å²) in [6.45, 7) is 0.430. The van der Waals surface area contributed by atoms with Crippen LogP contribution in [0.2, 0.25) is 0 Å². The second-order valence-corrected chi connectivity index (χ2v) is 7.34. The molecule has 5 nitrogen and oxygen atoms in total. The van der Waals surface area contributed by atoms with E-state index in [1.807, 2.05) is 47.0 Å². The third-order valence-electron chi connectivity index (χ3n) is 3.96. The Hall–Kier alpha value is -2.60. The summed E-state index contributed by atoms with van der Waals surface area (Å²) in [6.07, 6.45) is 1.68. The topological polar surface area (TPSA) is 64.0 Å². The summed E-state index contributed by atoms with van der Waals surface area (Å²) in [4.78, 5) is 4.37. The average molecular weight is 325 g/mol. The van der Waals surface area contributed by atoms with Crippen molar-refractivity contribution in [3.63, 3.8) is 0 Å². The standard InChI is InChI=1S/C17H15N3O2S/c21-23(22)11-10-20-12-18-16(17(20)19-23)15-8-6-14(7-9-15)13-4-2-1-3-5-13/h1-9,12,19H,10-11H2. The minimum absolute atomic E-state index is 0.0861. The summed E-state index contributed by atoms with van der Waals surface area (Å²) in [5.41, 5.74) is 3.81. The molecule has 3 aromatic rings. The Bertz CT molecular complexity index is 945. The Morgan fingerprint density at radius 1 is 0.913 bits per heavy atom. The van der Waals surface area contributed by atoms with Crippen molar-refractivity contribution in [1.29, 1.82) is 0 Å². The van der Waals surface area contributed by atoms with Crippen molar-refractivity contribution in [3.8, 4) is 22.4 Å². The SMILES string of the molecule is O=S1(=O)CCn2cnc(-c3ccc(-c4ccccc4)cc3)c2N1. The first-order valence-electron chi connectivity index (χ1n) is 7.34. The van der Waals surface area contributed by atoms with E-state index in [4.69, 9.17) is 0 Å². The van der Waals surface area contributed by atoms with Gasteiger partial charge in [0.25, 0.3) is 0 Å². The number of hydrogen-bond acceptors (Lipinski definition) is 3. The van der Waals surface area contributed by atoms with Gasteiger partial charge < -0.3 is 4.57 Å². The fourth-order valence-electron chi connectivity index (χ4n) is 2.74. The predicted molar refractivity (Wildman–Crippen MR) is 90.5 cm³/mol. The van der Waals surface area contributed by atoms with Gasteiger partial charge in [-0.15, -0.1) is 0 Å². The number of imidazole rings is 1. The van der Waals surface area contributed by atoms with Crippen LogP contribution in [-0.4, -0.2) is 23.7 Å². The number of nitrogens with zero attached hydrogens (tertiary/aromatic N) is 2. The number of anilines is 1. The number of fused-ring (bicyclic) bond motifs is 1. The molecule has 6 heteroatoms. The molecule has 0 unspecified atom stereocenters. The first-order chi connectivity index (χ1) is 11.1. The fourth-order valence-corrected chi connectivity index (χ4v) is 3.79. The van der Waals surface area contributed by atoms with Gasteiger partial charge in [0.2, 0.25) is 10.0 Å². The molecule has 2 heterocycles. The molecule has 1 aliphatic rings. The van der Waals surface area contributed by atoms with E-state index >= 15 is 0 Å². The molecule has 1 N–H and O–H groups in total. The first-order valence-corrected chi connectivity index (χ1v) is 8.99. The van der Waals surface area contributed by atoms with Crippen LogP contribution in [0.3, 0.4) is 0 Å². The number of rotatable bonds is 2. The number of nitrogens with one attached hydrogen (secondary N) is 1. The zero-order chi connectivity index (χ0) is 15.9. The van der Waals surface area contributed by atoms with Crippen LogP contribution in [0.1, 0.15) is 0 Å². The maximum Gasteiger partial charge on any atom is 0.235 e. The third-order valence-corrected chi connectivity index (χ3v) is 5.18. The van der Waals surface area contributed by atoms with Gasteiger partial charge >= 0.3 is 0 Å². The third kappa shape index (κ3) is 2.61. The molecule has 116 valence electrons. The van der Waals surface area contributed by atoms with Crippen LogP contribution in [-0.2, 0) is 16.6 Å². The molecule has 0 amide bonds. The van der Waals surface area contributed by atoms with Crippen LogP contribution < -0.4 is 4.72 Å². The molecule has 23 heavy (non-hydrogen) atoms. The number of benzene rings is 2. The van der Waals surface area contributed by atoms with Gasteiger partial charge in [-0.2, -0.15) is 0 Å². The number of aromatic nitrogens is 2. The van der Waals surface area contributed by atoms with Crippen LogP contribution in [0, 0.1) is 0 Å². The number of hydrogen-bond donors (Lipinski definition) is 1. The molecule has 0 radical (unpaired) electrons. The molecule has 2 aromatic carbocycles. The van der Waals surface area contributed by atoms with Gasteiger partial charge in [0, 0.05) is 12.1 Å². The summed E-state index contributed by atoms with van der Waals surface area (Å²) in [5.74, 6) is 0.631. The minimum atomic E-state index is -3.26. The highest BCUT2D eigenvalue weighted by Gasteiger charge is 2.24. The Morgan fingerprint density at radius 3 is 2.30 bits per heavy atom. The van der Waals surface area contributed by atoms with Crippen LogP contribution in [0.5, 0.6) is 0 Å². The Balaban J connectivity index is 1.72. The lowest BCUT2D eigenvalue weighted by Crippen LogP contribution is -2.27. The molecule has 0 aliphatic carbocycles. The van der Waals surface area contributed by atoms with Crippen molar-refractivity contribution in [3.05, 3.63) is 60.9 Å². The van der Waals surface area contributed by atoms with Gasteiger partial charge in [-0.3, -0.25) is 4.72 Å². The maximum atomic E-state index is 11.8. The van der Waals surface area contributed by atoms with E-state index in [2.05, 4.69) is 21.8 Å². The Kier molecular flexibility index (Phi) is 3.20. The second kappa shape index (κ2) is 5.24. The zero-order valence-corrected chi connectivity index (χ0v) is 13.1. The van der Waals surface area contributed by atoms with Gasteiger partial charge in [-0.05, 0) is 11.1 Å². The smallest absolute Gasteiger partial charge is 0.235 e. The van der Waals surface area contributed by atoms with E-state index in [9.17, 15) is 8.42 Å². The lowest BCUT2D eigenvalue weighted by atomic mass is 10.0. The van der Waals surface area contributed by atoms with Crippen molar-refractivity contribution in [2.24, 2.45) is 0 Å². The van der Waals surface area contributed by atoms with Crippen LogP contribution in [0.25, 0.3) is 22.4 Å². The maximum absolute atomic E-state index is 11.8. The molecule has 1 aromatic heterocycles. The van der Waals surface area contributed by atoms with E-state index in [-0.39, 0.29) is 5.75 Å². The molecule has 4 rings (SSSR count). The van der Waals surface area contributed by atoms with E-state index in [0.29, 0.717) is 18.1 Å². The van der Waals surface area contributed by atoms with E-state index in [1.54, 1.807) is 6.33 Å². The fraction of sp³-hybridized carbons (Fsp3) is 0.118. The molecule has 0 saturated carbocycles. The summed E-state index contributed by atoms with van der Waals surface area (Å²) in [6, 6.07) is 18.1. The van der Waals surface area contributed by atoms with Gasteiger partial charge in [-0.1, -0.05) is 54.6 Å². The summed E-state index contributed by atoms with van der Waals surface area (Å²) in [7, 11) is -3.26. The van der Waals surface area contributed by atoms with E-state index < -0.39 is 10.0 Å². The largest absolute Gasteiger partial charge is 0.315 e. The van der Waals surface area contributed by atoms with E-state index in [0.717, 1.165) is 16.7 Å². The second-order valence-electron chi connectivity index (χ2n) is 5.50. The summed E-state index contributed by atoms with van der Waals surface area (Å²) >= 11 is 0. The molecule has 0 bridgehead atoms. The highest BCUT2D eigenvalue weighted by Crippen LogP contribution is 2.31. The molecule has 0 saturated heterocycles. The first kappa shape index (κ1) is 14.0. The average Bonchev–Trinajstić information content (AvgIpc) is 2.97. The molecule has 0 atom stereocenters. The van der Waals surface area contributed by atoms with E-state index in [1.165, 1.54) is 0 Å². The predicted octanol–water partition coefficient (Wildman–Crippen LogP) is 2.97. The van der Waals surface area contributed by atoms with Gasteiger partial charge in [-0.25, -0.2) is 13.4 Å². The quantitative estimate of drug-likeness (QED) is 0.788. The molecule has 0 fully saturated rings. The molecule has 1 aliphatic heterocycles. The van der Waals surface area contributed by atoms with Gasteiger partial charge in [0.1, 0.15) is 11.5 Å². The summed E-state index contributed by atoms with van der Waals surface area (Å²) < 4.78 is 28.0. The minimum Gasteiger partial charge on any atom is -0.315 e. The monoisotopic (exact) mass is 325 g/mol. The zero-order valence-electron chi connectivity index (χ0n) is 12.3. The van der Waals surface area contributed by atoms with Gasteiger partial charge in [0.15, 0.2) is 0 Å². The van der Waals surface area contributed by atoms with Gasteiger partial charge in [0.05, 0.1) is 12.1 Å². The molecular formula is C17H15N3O2S. The number of aryl methyl sites for hydroxylation is 1. The lowest BCUT2D eigenvalue weighted by molar-refractivity contribution is 0.588. The highest BCUT2D eigenvalue weighted by atomic mass is 32.2. The lowest BCUT2D eigenvalue weighted by Gasteiger charge is -2.17.